The Hall–Kier alpha value is -0.840. The summed E-state index contributed by atoms with van der Waals surface area (Å²) in [7, 11) is 0. The zero-order valence-electron chi connectivity index (χ0n) is 7.69. The van der Waals surface area contributed by atoms with Crippen LogP contribution in [0.5, 0.6) is 0 Å². The fourth-order valence-corrected chi connectivity index (χ4v) is 2.10. The standard InChI is InChI=1S/C10H8BrClN2O/c11-8-1-9(12)3-10(2-8)14-5-7(6-15)4-13-14/h1-5,15H,6H2. The molecule has 2 rings (SSSR count). The number of halogens is 2. The van der Waals surface area contributed by atoms with Crippen molar-refractivity contribution in [2.45, 2.75) is 6.61 Å². The molecule has 0 aliphatic carbocycles. The summed E-state index contributed by atoms with van der Waals surface area (Å²) in [5.74, 6) is 0. The summed E-state index contributed by atoms with van der Waals surface area (Å²) in [6.45, 7) is -0.0122. The first-order chi connectivity index (χ1) is 7.19. The number of hydrogen-bond acceptors (Lipinski definition) is 2. The maximum Gasteiger partial charge on any atom is 0.0712 e. The van der Waals surface area contributed by atoms with Gasteiger partial charge in [0.25, 0.3) is 0 Å². The van der Waals surface area contributed by atoms with Gasteiger partial charge in [0.2, 0.25) is 0 Å². The van der Waals surface area contributed by atoms with E-state index < -0.39 is 0 Å². The minimum absolute atomic E-state index is 0.0122. The molecule has 0 fully saturated rings. The van der Waals surface area contributed by atoms with Crippen molar-refractivity contribution in [3.63, 3.8) is 0 Å². The lowest BCUT2D eigenvalue weighted by atomic mass is 10.3. The number of aliphatic hydroxyl groups excluding tert-OH is 1. The van der Waals surface area contributed by atoms with Crippen LogP contribution >= 0.6 is 27.5 Å². The van der Waals surface area contributed by atoms with E-state index in [2.05, 4.69) is 21.0 Å². The lowest BCUT2D eigenvalue weighted by Crippen LogP contribution is -1.93. The second kappa shape index (κ2) is 4.35. The molecular formula is C10H8BrClN2O. The monoisotopic (exact) mass is 286 g/mol. The Labute approximate surface area is 100 Å². The number of aliphatic hydroxyl groups is 1. The fourth-order valence-electron chi connectivity index (χ4n) is 1.25. The molecule has 2 aromatic rings. The molecule has 0 saturated carbocycles. The number of rotatable bonds is 2. The van der Waals surface area contributed by atoms with E-state index in [4.69, 9.17) is 16.7 Å². The molecule has 1 aromatic carbocycles. The molecule has 0 atom stereocenters. The maximum absolute atomic E-state index is 8.92. The third kappa shape index (κ3) is 2.40. The van der Waals surface area contributed by atoms with Crippen molar-refractivity contribution in [1.82, 2.24) is 9.78 Å². The highest BCUT2D eigenvalue weighted by molar-refractivity contribution is 9.10. The van der Waals surface area contributed by atoms with E-state index >= 15 is 0 Å². The molecule has 0 amide bonds. The van der Waals surface area contributed by atoms with Crippen LogP contribution in [0.3, 0.4) is 0 Å². The van der Waals surface area contributed by atoms with Gasteiger partial charge < -0.3 is 5.11 Å². The molecule has 1 heterocycles. The van der Waals surface area contributed by atoms with Crippen molar-refractivity contribution in [2.75, 3.05) is 0 Å². The highest BCUT2D eigenvalue weighted by Gasteiger charge is 2.02. The summed E-state index contributed by atoms with van der Waals surface area (Å²) in [6.07, 6.45) is 3.38. The normalized spacial score (nSPS) is 10.6. The molecule has 78 valence electrons. The molecule has 0 aliphatic rings. The third-order valence-electron chi connectivity index (χ3n) is 1.93. The Morgan fingerprint density at radius 3 is 2.80 bits per heavy atom. The van der Waals surface area contributed by atoms with E-state index in [0.717, 1.165) is 15.7 Å². The van der Waals surface area contributed by atoms with Crippen molar-refractivity contribution in [2.24, 2.45) is 0 Å². The Bertz CT molecular complexity index is 464. The molecule has 0 radical (unpaired) electrons. The quantitative estimate of drug-likeness (QED) is 0.922. The van der Waals surface area contributed by atoms with Gasteiger partial charge in [0, 0.05) is 21.3 Å². The highest BCUT2D eigenvalue weighted by Crippen LogP contribution is 2.21. The van der Waals surface area contributed by atoms with Crippen molar-refractivity contribution in [3.8, 4) is 5.69 Å². The molecule has 3 nitrogen and oxygen atoms in total. The minimum Gasteiger partial charge on any atom is -0.392 e. The molecule has 0 bridgehead atoms. The first kappa shape index (κ1) is 10.7. The van der Waals surface area contributed by atoms with Gasteiger partial charge >= 0.3 is 0 Å². The second-order valence-electron chi connectivity index (χ2n) is 3.08. The molecule has 0 spiro atoms. The van der Waals surface area contributed by atoms with Gasteiger partial charge in [-0.2, -0.15) is 5.10 Å². The topological polar surface area (TPSA) is 38.1 Å². The van der Waals surface area contributed by atoms with E-state index in [1.165, 1.54) is 0 Å². The Balaban J connectivity index is 2.44. The van der Waals surface area contributed by atoms with E-state index in [9.17, 15) is 0 Å². The summed E-state index contributed by atoms with van der Waals surface area (Å²) in [6, 6.07) is 5.52. The van der Waals surface area contributed by atoms with E-state index in [1.54, 1.807) is 23.1 Å². The van der Waals surface area contributed by atoms with Gasteiger partial charge in [0.15, 0.2) is 0 Å². The number of aromatic nitrogens is 2. The second-order valence-corrected chi connectivity index (χ2v) is 4.43. The van der Waals surface area contributed by atoms with E-state index in [-0.39, 0.29) is 6.61 Å². The van der Waals surface area contributed by atoms with Gasteiger partial charge in [0.05, 0.1) is 18.5 Å². The largest absolute Gasteiger partial charge is 0.392 e. The lowest BCUT2D eigenvalue weighted by Gasteiger charge is -2.02. The van der Waals surface area contributed by atoms with Gasteiger partial charge in [0.1, 0.15) is 0 Å². The molecule has 0 aliphatic heterocycles. The van der Waals surface area contributed by atoms with Gasteiger partial charge in [-0.3, -0.25) is 0 Å². The third-order valence-corrected chi connectivity index (χ3v) is 2.61. The lowest BCUT2D eigenvalue weighted by molar-refractivity contribution is 0.282. The number of benzene rings is 1. The minimum atomic E-state index is -0.0122. The Morgan fingerprint density at radius 1 is 1.40 bits per heavy atom. The van der Waals surface area contributed by atoms with Crippen LogP contribution in [0.15, 0.2) is 35.1 Å². The Morgan fingerprint density at radius 2 is 2.20 bits per heavy atom. The van der Waals surface area contributed by atoms with Gasteiger partial charge in [-0.1, -0.05) is 27.5 Å². The molecule has 0 unspecified atom stereocenters. The fraction of sp³-hybridized carbons (Fsp3) is 0.100. The smallest absolute Gasteiger partial charge is 0.0712 e. The molecule has 1 N–H and O–H groups in total. The van der Waals surface area contributed by atoms with E-state index in [0.29, 0.717) is 5.02 Å². The van der Waals surface area contributed by atoms with Crippen LogP contribution < -0.4 is 0 Å². The van der Waals surface area contributed by atoms with Gasteiger partial charge in [-0.25, -0.2) is 4.68 Å². The van der Waals surface area contributed by atoms with Crippen molar-refractivity contribution in [3.05, 3.63) is 45.7 Å². The molecule has 1 aromatic heterocycles. The van der Waals surface area contributed by atoms with Crippen molar-refractivity contribution in [1.29, 1.82) is 0 Å². The molecule has 5 heteroatoms. The summed E-state index contributed by atoms with van der Waals surface area (Å²) in [5.41, 5.74) is 1.63. The van der Waals surface area contributed by atoms with Crippen LogP contribution in [0.1, 0.15) is 5.56 Å². The zero-order valence-corrected chi connectivity index (χ0v) is 10.0. The predicted octanol–water partition coefficient (Wildman–Crippen LogP) is 2.78. The first-order valence-corrected chi connectivity index (χ1v) is 5.47. The maximum atomic E-state index is 8.92. The number of nitrogens with zero attached hydrogens (tertiary/aromatic N) is 2. The summed E-state index contributed by atoms with van der Waals surface area (Å²) < 4.78 is 2.56. The predicted molar refractivity (Wildman–Crippen MR) is 62.2 cm³/mol. The molecular weight excluding hydrogens is 279 g/mol. The summed E-state index contributed by atoms with van der Waals surface area (Å²) in [5, 5.41) is 13.7. The van der Waals surface area contributed by atoms with Crippen LogP contribution in [0.2, 0.25) is 5.02 Å². The summed E-state index contributed by atoms with van der Waals surface area (Å²) in [4.78, 5) is 0. The average Bonchev–Trinajstić information content (AvgIpc) is 2.64. The van der Waals surface area contributed by atoms with Crippen molar-refractivity contribution < 1.29 is 5.11 Å². The first-order valence-electron chi connectivity index (χ1n) is 4.30. The summed E-state index contributed by atoms with van der Waals surface area (Å²) >= 11 is 9.28. The van der Waals surface area contributed by atoms with Gasteiger partial charge in [-0.05, 0) is 18.2 Å². The highest BCUT2D eigenvalue weighted by atomic mass is 79.9. The zero-order chi connectivity index (χ0) is 10.8. The van der Waals surface area contributed by atoms with Crippen molar-refractivity contribution >= 4 is 27.5 Å². The van der Waals surface area contributed by atoms with Crippen LogP contribution in [0.25, 0.3) is 5.69 Å². The van der Waals surface area contributed by atoms with Crippen LogP contribution in [-0.4, -0.2) is 14.9 Å². The Kier molecular flexibility index (Phi) is 3.09. The van der Waals surface area contributed by atoms with E-state index in [1.807, 2.05) is 12.1 Å². The van der Waals surface area contributed by atoms with Crippen LogP contribution in [0, 0.1) is 0 Å². The molecule has 0 saturated heterocycles. The SMILES string of the molecule is OCc1cnn(-c2cc(Cl)cc(Br)c2)c1. The number of hydrogen-bond donors (Lipinski definition) is 1. The van der Waals surface area contributed by atoms with Gasteiger partial charge in [-0.15, -0.1) is 0 Å². The van der Waals surface area contributed by atoms with Crippen LogP contribution in [0.4, 0.5) is 0 Å². The van der Waals surface area contributed by atoms with Crippen LogP contribution in [-0.2, 0) is 6.61 Å². The molecule has 15 heavy (non-hydrogen) atoms. The average molecular weight is 288 g/mol.